The number of rotatable bonds is 3. The van der Waals surface area contributed by atoms with Crippen molar-refractivity contribution in [1.29, 1.82) is 0 Å². The summed E-state index contributed by atoms with van der Waals surface area (Å²) in [5, 5.41) is 12.4. The number of aliphatic carboxylic acids is 1. The fraction of sp³-hybridized carbons (Fsp3) is 0.294. The number of carboxylic acid groups (broad SMARTS) is 1. The van der Waals surface area contributed by atoms with Gasteiger partial charge >= 0.3 is 5.97 Å². The second-order valence-corrected chi connectivity index (χ2v) is 6.35. The Hall–Kier alpha value is -2.01. The van der Waals surface area contributed by atoms with Gasteiger partial charge in [0.05, 0.1) is 0 Å². The summed E-state index contributed by atoms with van der Waals surface area (Å²) in [5.74, 6) is -0.936. The highest BCUT2D eigenvalue weighted by molar-refractivity contribution is 8.05. The first-order valence-electron chi connectivity index (χ1n) is 7.29. The van der Waals surface area contributed by atoms with Crippen LogP contribution in [-0.2, 0) is 22.4 Å². The molecular weight excluding hydrogens is 298 g/mol. The molecule has 0 saturated heterocycles. The van der Waals surface area contributed by atoms with Gasteiger partial charge in [-0.3, -0.25) is 9.69 Å². The van der Waals surface area contributed by atoms with E-state index in [2.05, 4.69) is 12.1 Å². The van der Waals surface area contributed by atoms with Crippen LogP contribution < -0.4 is 0 Å². The average molecular weight is 315 g/mol. The number of hydrogen-bond donors (Lipinski definition) is 1. The molecule has 1 unspecified atom stereocenters. The van der Waals surface area contributed by atoms with E-state index >= 15 is 0 Å². The fourth-order valence-electron chi connectivity index (χ4n) is 3.00. The highest BCUT2D eigenvalue weighted by Crippen LogP contribution is 2.29. The summed E-state index contributed by atoms with van der Waals surface area (Å²) < 4.78 is 0. The predicted octanol–water partition coefficient (Wildman–Crippen LogP) is 3.15. The lowest BCUT2D eigenvalue weighted by atomic mass is 9.82. The summed E-state index contributed by atoms with van der Waals surface area (Å²) >= 11 is 1.27. The zero-order valence-electron chi connectivity index (χ0n) is 12.1. The Kier molecular flexibility index (Phi) is 4.34. The average Bonchev–Trinajstić information content (AvgIpc) is 2.54. The number of carbonyl (C=O) groups is 2. The zero-order valence-corrected chi connectivity index (χ0v) is 12.9. The molecule has 1 aromatic rings. The number of carbonyl (C=O) groups excluding carboxylic acids is 1. The summed E-state index contributed by atoms with van der Waals surface area (Å²) in [4.78, 5) is 24.9. The van der Waals surface area contributed by atoms with Gasteiger partial charge in [0, 0.05) is 18.0 Å². The third-order valence-corrected chi connectivity index (χ3v) is 4.77. The molecule has 5 heteroatoms. The largest absolute Gasteiger partial charge is 0.477 e. The van der Waals surface area contributed by atoms with Crippen molar-refractivity contribution < 1.29 is 14.7 Å². The molecule has 1 N–H and O–H groups in total. The molecule has 3 rings (SSSR count). The lowest BCUT2D eigenvalue weighted by Crippen LogP contribution is -2.32. The number of amides is 1. The molecule has 0 radical (unpaired) electrons. The number of aryl methyl sites for hydroxylation is 1. The summed E-state index contributed by atoms with van der Waals surface area (Å²) in [6.45, 7) is 0. The summed E-state index contributed by atoms with van der Waals surface area (Å²) in [5.41, 5.74) is 2.71. The zero-order chi connectivity index (χ0) is 15.5. The van der Waals surface area contributed by atoms with Crippen molar-refractivity contribution in [3.63, 3.8) is 0 Å². The Morgan fingerprint density at radius 3 is 2.82 bits per heavy atom. The summed E-state index contributed by atoms with van der Waals surface area (Å²) in [6.07, 6.45) is 4.78. The maximum absolute atomic E-state index is 12.5. The van der Waals surface area contributed by atoms with Crippen LogP contribution in [0.2, 0.25) is 0 Å². The molecule has 1 aliphatic heterocycles. The monoisotopic (exact) mass is 315 g/mol. The topological polar surface area (TPSA) is 57.6 Å². The molecule has 0 aromatic heterocycles. The number of benzene rings is 1. The second kappa shape index (κ2) is 6.40. The van der Waals surface area contributed by atoms with Crippen LogP contribution in [0.1, 0.15) is 24.0 Å². The van der Waals surface area contributed by atoms with Gasteiger partial charge in [-0.1, -0.05) is 24.3 Å². The lowest BCUT2D eigenvalue weighted by Gasteiger charge is -2.27. The number of carboxylic acids is 1. The van der Waals surface area contributed by atoms with E-state index in [0.29, 0.717) is 6.42 Å². The Balaban J connectivity index is 1.68. The first-order chi connectivity index (χ1) is 10.6. The van der Waals surface area contributed by atoms with E-state index in [1.807, 2.05) is 12.1 Å². The molecule has 0 fully saturated rings. The molecule has 22 heavy (non-hydrogen) atoms. The van der Waals surface area contributed by atoms with E-state index < -0.39 is 5.97 Å². The molecule has 1 aliphatic carbocycles. The number of fused-ring (bicyclic) bond motifs is 1. The minimum Gasteiger partial charge on any atom is -0.477 e. The smallest absolute Gasteiger partial charge is 0.353 e. The van der Waals surface area contributed by atoms with Crippen molar-refractivity contribution in [3.8, 4) is 0 Å². The van der Waals surface area contributed by atoms with Gasteiger partial charge in [0.15, 0.2) is 0 Å². The Labute approximate surface area is 133 Å². The minimum atomic E-state index is -1.07. The Bertz CT molecular complexity index is 666. The van der Waals surface area contributed by atoms with E-state index in [9.17, 15) is 14.7 Å². The van der Waals surface area contributed by atoms with Gasteiger partial charge in [-0.05, 0) is 41.7 Å². The van der Waals surface area contributed by atoms with Crippen molar-refractivity contribution in [2.75, 3.05) is 0 Å². The first-order valence-corrected chi connectivity index (χ1v) is 8.24. The second-order valence-electron chi connectivity index (χ2n) is 5.57. The molecule has 1 heterocycles. The van der Waals surface area contributed by atoms with Gasteiger partial charge in [0.25, 0.3) is 0 Å². The van der Waals surface area contributed by atoms with Gasteiger partial charge in [0.1, 0.15) is 5.70 Å². The van der Waals surface area contributed by atoms with Gasteiger partial charge in [-0.15, -0.1) is 11.8 Å². The summed E-state index contributed by atoms with van der Waals surface area (Å²) in [7, 11) is 0. The van der Waals surface area contributed by atoms with E-state index in [-0.39, 0.29) is 17.5 Å². The van der Waals surface area contributed by atoms with E-state index in [1.165, 1.54) is 33.2 Å². The van der Waals surface area contributed by atoms with Crippen LogP contribution in [0.3, 0.4) is 0 Å². The SMILES string of the molecule is O=C(O)C1=CSC=CN1C(=O)CC1CCc2ccccc2C1. The van der Waals surface area contributed by atoms with Crippen molar-refractivity contribution in [2.24, 2.45) is 5.92 Å². The normalized spacial score (nSPS) is 20.3. The van der Waals surface area contributed by atoms with Crippen LogP contribution >= 0.6 is 11.8 Å². The molecule has 0 bridgehead atoms. The van der Waals surface area contributed by atoms with E-state index in [1.54, 1.807) is 11.6 Å². The van der Waals surface area contributed by atoms with Crippen molar-refractivity contribution in [1.82, 2.24) is 4.90 Å². The molecule has 0 spiro atoms. The van der Waals surface area contributed by atoms with Crippen LogP contribution in [-0.4, -0.2) is 21.9 Å². The van der Waals surface area contributed by atoms with Gasteiger partial charge in [0.2, 0.25) is 5.91 Å². The van der Waals surface area contributed by atoms with E-state index in [4.69, 9.17) is 0 Å². The van der Waals surface area contributed by atoms with Crippen LogP contribution in [0.15, 0.2) is 47.0 Å². The van der Waals surface area contributed by atoms with Crippen LogP contribution in [0.25, 0.3) is 0 Å². The van der Waals surface area contributed by atoms with Gasteiger partial charge in [-0.2, -0.15) is 0 Å². The fourth-order valence-corrected chi connectivity index (χ4v) is 3.61. The third-order valence-electron chi connectivity index (χ3n) is 4.13. The highest BCUT2D eigenvalue weighted by atomic mass is 32.2. The first kappa shape index (κ1) is 14.9. The molecular formula is C17H17NO3S. The van der Waals surface area contributed by atoms with Crippen LogP contribution in [0.4, 0.5) is 0 Å². The van der Waals surface area contributed by atoms with Crippen LogP contribution in [0.5, 0.6) is 0 Å². The molecule has 114 valence electrons. The van der Waals surface area contributed by atoms with E-state index in [0.717, 1.165) is 19.3 Å². The summed E-state index contributed by atoms with van der Waals surface area (Å²) in [6, 6.07) is 8.33. The third kappa shape index (κ3) is 3.09. The number of hydrogen-bond acceptors (Lipinski definition) is 3. The molecule has 1 aromatic carbocycles. The Morgan fingerprint density at radius 2 is 2.05 bits per heavy atom. The number of thioether (sulfide) groups is 1. The Morgan fingerprint density at radius 1 is 1.27 bits per heavy atom. The molecule has 1 atom stereocenters. The molecule has 2 aliphatic rings. The maximum atomic E-state index is 12.5. The molecule has 0 saturated carbocycles. The lowest BCUT2D eigenvalue weighted by molar-refractivity contribution is -0.138. The van der Waals surface area contributed by atoms with Crippen molar-refractivity contribution in [3.05, 3.63) is 58.1 Å². The maximum Gasteiger partial charge on any atom is 0.353 e. The van der Waals surface area contributed by atoms with Crippen LogP contribution in [0, 0.1) is 5.92 Å². The predicted molar refractivity (Wildman–Crippen MR) is 85.9 cm³/mol. The van der Waals surface area contributed by atoms with Crippen molar-refractivity contribution in [2.45, 2.75) is 25.7 Å². The van der Waals surface area contributed by atoms with Gasteiger partial charge < -0.3 is 5.11 Å². The highest BCUT2D eigenvalue weighted by Gasteiger charge is 2.27. The van der Waals surface area contributed by atoms with Gasteiger partial charge in [-0.25, -0.2) is 4.79 Å². The molecule has 4 nitrogen and oxygen atoms in total. The minimum absolute atomic E-state index is 0.0358. The molecule has 1 amide bonds. The van der Waals surface area contributed by atoms with Crippen molar-refractivity contribution >= 4 is 23.6 Å². The quantitative estimate of drug-likeness (QED) is 0.931. The standard InChI is InChI=1S/C17H17NO3S/c19-16(18-7-8-22-11-15(18)17(20)21)10-12-5-6-13-3-1-2-4-14(13)9-12/h1-4,7-8,11-12H,5-6,9-10H2,(H,20,21). The number of nitrogens with zero attached hydrogens (tertiary/aromatic N) is 1.